The molecule has 11 heteroatoms. The van der Waals surface area contributed by atoms with Crippen LogP contribution in [0.15, 0.2) is 0 Å². The number of rotatable bonds is 9. The second-order valence-corrected chi connectivity index (χ2v) is 9.02. The zero-order chi connectivity index (χ0) is 23.3. The first-order chi connectivity index (χ1) is 15.4. The highest BCUT2D eigenvalue weighted by atomic mass is 16.7. The van der Waals surface area contributed by atoms with Gasteiger partial charge in [0.15, 0.2) is 12.6 Å². The largest absolute Gasteiger partial charge is 0.394 e. The summed E-state index contributed by atoms with van der Waals surface area (Å²) in [6.45, 7) is -0.882. The van der Waals surface area contributed by atoms with E-state index in [-0.39, 0.29) is 0 Å². The summed E-state index contributed by atoms with van der Waals surface area (Å²) < 4.78 is 22.0. The van der Waals surface area contributed by atoms with Crippen molar-refractivity contribution in [1.29, 1.82) is 0 Å². The lowest BCUT2D eigenvalue weighted by Crippen LogP contribution is -2.64. The Morgan fingerprint density at radius 2 is 1.31 bits per heavy atom. The fraction of sp³-hybridized carbons (Fsp3) is 1.00. The van der Waals surface area contributed by atoms with Gasteiger partial charge in [-0.05, 0) is 18.8 Å². The van der Waals surface area contributed by atoms with Crippen LogP contribution < -0.4 is 0 Å². The molecule has 0 spiro atoms. The van der Waals surface area contributed by atoms with E-state index in [1.807, 2.05) is 0 Å². The normalized spacial score (nSPS) is 44.0. The van der Waals surface area contributed by atoms with Crippen molar-refractivity contribution in [3.05, 3.63) is 0 Å². The van der Waals surface area contributed by atoms with Crippen molar-refractivity contribution in [2.45, 2.75) is 106 Å². The molecule has 0 radical (unpaired) electrons. The second-order valence-electron chi connectivity index (χ2n) is 9.02. The van der Waals surface area contributed by atoms with E-state index in [4.69, 9.17) is 18.9 Å². The smallest absolute Gasteiger partial charge is 0.187 e. The molecule has 32 heavy (non-hydrogen) atoms. The van der Waals surface area contributed by atoms with Crippen LogP contribution in [0.3, 0.4) is 0 Å². The molecule has 2 heterocycles. The molecule has 10 atom stereocenters. The summed E-state index contributed by atoms with van der Waals surface area (Å²) in [6.07, 6.45) is -6.18. The van der Waals surface area contributed by atoms with Gasteiger partial charge in [0.25, 0.3) is 0 Å². The van der Waals surface area contributed by atoms with Gasteiger partial charge in [-0.3, -0.25) is 0 Å². The van der Waals surface area contributed by atoms with Crippen LogP contribution in [0.25, 0.3) is 0 Å². The monoisotopic (exact) mass is 466 g/mol. The Labute approximate surface area is 187 Å². The summed E-state index contributed by atoms with van der Waals surface area (Å²) in [6, 6.07) is 0. The van der Waals surface area contributed by atoms with Crippen LogP contribution in [-0.4, -0.2) is 117 Å². The maximum atomic E-state index is 10.6. The first-order valence-electron chi connectivity index (χ1n) is 11.6. The van der Waals surface area contributed by atoms with Gasteiger partial charge < -0.3 is 54.7 Å². The van der Waals surface area contributed by atoms with E-state index in [0.29, 0.717) is 12.5 Å². The van der Waals surface area contributed by atoms with E-state index in [1.54, 1.807) is 0 Å². The molecule has 1 saturated carbocycles. The summed E-state index contributed by atoms with van der Waals surface area (Å²) in [5.41, 5.74) is 0. The summed E-state index contributed by atoms with van der Waals surface area (Å²) >= 11 is 0. The third-order valence-electron chi connectivity index (χ3n) is 6.72. The average molecular weight is 467 g/mol. The van der Waals surface area contributed by atoms with Crippen LogP contribution in [-0.2, 0) is 18.9 Å². The van der Waals surface area contributed by atoms with Crippen LogP contribution in [0.4, 0.5) is 0 Å². The molecule has 3 aliphatic rings. The third-order valence-corrected chi connectivity index (χ3v) is 6.72. The van der Waals surface area contributed by atoms with Gasteiger partial charge in [0, 0.05) is 6.61 Å². The van der Waals surface area contributed by atoms with Crippen LogP contribution >= 0.6 is 0 Å². The van der Waals surface area contributed by atoms with Crippen molar-refractivity contribution in [2.75, 3.05) is 19.8 Å². The van der Waals surface area contributed by atoms with Crippen molar-refractivity contribution in [3.63, 3.8) is 0 Å². The summed E-state index contributed by atoms with van der Waals surface area (Å²) in [4.78, 5) is 0. The van der Waals surface area contributed by atoms with Gasteiger partial charge in [-0.2, -0.15) is 0 Å². The van der Waals surface area contributed by atoms with Crippen molar-refractivity contribution in [3.8, 4) is 0 Å². The van der Waals surface area contributed by atoms with E-state index in [2.05, 4.69) is 0 Å². The zero-order valence-electron chi connectivity index (χ0n) is 18.2. The molecule has 4 unspecified atom stereocenters. The topological polar surface area (TPSA) is 179 Å². The highest BCUT2D eigenvalue weighted by Crippen LogP contribution is 2.30. The Kier molecular flexibility index (Phi) is 10.1. The summed E-state index contributed by atoms with van der Waals surface area (Å²) in [5, 5.41) is 70.0. The van der Waals surface area contributed by atoms with E-state index >= 15 is 0 Å². The predicted molar refractivity (Wildman–Crippen MR) is 108 cm³/mol. The van der Waals surface area contributed by atoms with E-state index < -0.39 is 74.6 Å². The van der Waals surface area contributed by atoms with Gasteiger partial charge in [0.1, 0.15) is 48.8 Å². The molecule has 7 N–H and O–H groups in total. The first kappa shape index (κ1) is 26.2. The fourth-order valence-corrected chi connectivity index (χ4v) is 4.74. The lowest BCUT2D eigenvalue weighted by Gasteiger charge is -2.45. The van der Waals surface area contributed by atoms with Gasteiger partial charge in [0.2, 0.25) is 0 Å². The Hall–Kier alpha value is -0.440. The van der Waals surface area contributed by atoms with E-state index in [9.17, 15) is 35.7 Å². The molecule has 2 saturated heterocycles. The lowest BCUT2D eigenvalue weighted by molar-refractivity contribution is -0.359. The molecular formula is C21H38O11. The van der Waals surface area contributed by atoms with Gasteiger partial charge in [-0.1, -0.05) is 32.1 Å². The van der Waals surface area contributed by atoms with Crippen molar-refractivity contribution in [2.24, 2.45) is 5.92 Å². The van der Waals surface area contributed by atoms with Crippen molar-refractivity contribution >= 4 is 0 Å². The van der Waals surface area contributed by atoms with Gasteiger partial charge in [0.05, 0.1) is 13.2 Å². The highest BCUT2D eigenvalue weighted by Gasteiger charge is 2.50. The maximum Gasteiger partial charge on any atom is 0.187 e. The van der Waals surface area contributed by atoms with Gasteiger partial charge >= 0.3 is 0 Å². The number of hydrogen-bond acceptors (Lipinski definition) is 11. The summed E-state index contributed by atoms with van der Waals surface area (Å²) in [5.74, 6) is 0.691. The molecular weight excluding hydrogens is 428 g/mol. The van der Waals surface area contributed by atoms with Crippen LogP contribution in [0.5, 0.6) is 0 Å². The number of hydrogen-bond donors (Lipinski definition) is 7. The quantitative estimate of drug-likeness (QED) is 0.187. The van der Waals surface area contributed by atoms with E-state index in [0.717, 1.165) is 12.8 Å². The Morgan fingerprint density at radius 3 is 1.97 bits per heavy atom. The Bertz CT molecular complexity index is 542. The minimum atomic E-state index is -1.69. The second kappa shape index (κ2) is 12.3. The Balaban J connectivity index is 1.52. The van der Waals surface area contributed by atoms with E-state index in [1.165, 1.54) is 32.1 Å². The fourth-order valence-electron chi connectivity index (χ4n) is 4.74. The Morgan fingerprint density at radius 1 is 0.688 bits per heavy atom. The third kappa shape index (κ3) is 6.16. The van der Waals surface area contributed by atoms with Crippen LogP contribution in [0, 0.1) is 5.92 Å². The van der Waals surface area contributed by atoms with Crippen molar-refractivity contribution in [1.82, 2.24) is 0 Å². The van der Waals surface area contributed by atoms with Gasteiger partial charge in [-0.25, -0.2) is 0 Å². The number of aliphatic hydroxyl groups excluding tert-OH is 7. The molecule has 0 bridgehead atoms. The molecule has 2 aliphatic heterocycles. The predicted octanol–water partition coefficient (Wildman–Crippen LogP) is -2.01. The number of aliphatic hydroxyl groups is 7. The lowest BCUT2D eigenvalue weighted by atomic mass is 9.86. The molecule has 0 aromatic rings. The minimum absolute atomic E-state index is 0.335. The maximum absolute atomic E-state index is 10.6. The zero-order valence-corrected chi connectivity index (χ0v) is 18.2. The average Bonchev–Trinajstić information content (AvgIpc) is 2.81. The first-order valence-corrected chi connectivity index (χ1v) is 11.6. The standard InChI is InChI=1S/C21H38O11/c22-9-12-14(24)15(25)17(27)21(30-12)32-19-13(10-23)31-20(18(28)16(19)26)29-8-4-7-11-5-2-1-3-6-11/h11-28H,1-10H2/t12?,13?,14-,15+,16?,17?,18+,19-,20-,21-/m1/s1. The molecule has 188 valence electrons. The molecule has 11 nitrogen and oxygen atoms in total. The highest BCUT2D eigenvalue weighted by molar-refractivity contribution is 4.94. The number of ether oxygens (including phenoxy) is 4. The van der Waals surface area contributed by atoms with Gasteiger partial charge in [-0.15, -0.1) is 0 Å². The molecule has 3 fully saturated rings. The molecule has 0 aromatic carbocycles. The molecule has 0 amide bonds. The van der Waals surface area contributed by atoms with Crippen LogP contribution in [0.2, 0.25) is 0 Å². The molecule has 1 aliphatic carbocycles. The SMILES string of the molecule is OCC1O[C@@H](OCCCC2CCCCC2)[C@@H](O)C(O)[C@@H]1O[C@H]1OC(CO)[C@@H](O)[C@H](O)C1O. The summed E-state index contributed by atoms with van der Waals surface area (Å²) in [7, 11) is 0. The minimum Gasteiger partial charge on any atom is -0.394 e. The molecule has 3 rings (SSSR count). The van der Waals surface area contributed by atoms with Crippen LogP contribution in [0.1, 0.15) is 44.9 Å². The molecule has 0 aromatic heterocycles. The van der Waals surface area contributed by atoms with Crippen molar-refractivity contribution < 1.29 is 54.7 Å².